The van der Waals surface area contributed by atoms with Crippen molar-refractivity contribution in [1.29, 1.82) is 0 Å². The number of amides is 1. The van der Waals surface area contributed by atoms with Crippen LogP contribution in [0.25, 0.3) is 0 Å². The maximum absolute atomic E-state index is 12.4. The summed E-state index contributed by atoms with van der Waals surface area (Å²) >= 11 is 0. The van der Waals surface area contributed by atoms with Crippen LogP contribution in [0.4, 0.5) is 0 Å². The van der Waals surface area contributed by atoms with Gasteiger partial charge in [0.05, 0.1) is 0 Å². The summed E-state index contributed by atoms with van der Waals surface area (Å²) in [6, 6.07) is 0.381. The van der Waals surface area contributed by atoms with E-state index in [-0.39, 0.29) is 5.92 Å². The van der Waals surface area contributed by atoms with E-state index in [1.807, 2.05) is 0 Å². The zero-order valence-corrected chi connectivity index (χ0v) is 11.6. The van der Waals surface area contributed by atoms with Crippen LogP contribution in [0.2, 0.25) is 0 Å². The summed E-state index contributed by atoms with van der Waals surface area (Å²) in [7, 11) is 0. The third kappa shape index (κ3) is 3.70. The molecule has 3 nitrogen and oxygen atoms in total. The number of unbranched alkanes of at least 4 members (excludes halogenated alkanes) is 1. The van der Waals surface area contributed by atoms with E-state index in [0.717, 1.165) is 32.2 Å². The van der Waals surface area contributed by atoms with Gasteiger partial charge in [0.25, 0.3) is 0 Å². The summed E-state index contributed by atoms with van der Waals surface area (Å²) in [5.74, 6) is 1.11. The summed E-state index contributed by atoms with van der Waals surface area (Å²) < 4.78 is 0. The molecule has 1 aliphatic heterocycles. The predicted molar refractivity (Wildman–Crippen MR) is 71.6 cm³/mol. The quantitative estimate of drug-likeness (QED) is 0.775. The van der Waals surface area contributed by atoms with Gasteiger partial charge in [-0.1, -0.05) is 26.7 Å². The van der Waals surface area contributed by atoms with Crippen molar-refractivity contribution in [2.75, 3.05) is 13.1 Å². The van der Waals surface area contributed by atoms with Gasteiger partial charge < -0.3 is 10.6 Å². The minimum atomic E-state index is 0.230. The lowest BCUT2D eigenvalue weighted by molar-refractivity contribution is -0.136. The molecule has 0 aromatic rings. The standard InChI is InChI=1S/C14H28N2O/c1-4-6-7-13(5-2)14(17)16-10-12(9-15)8-11(16)3/h11-13H,4-10,15H2,1-3H3. The highest BCUT2D eigenvalue weighted by atomic mass is 16.2. The Morgan fingerprint density at radius 1 is 1.47 bits per heavy atom. The maximum atomic E-state index is 12.4. The largest absolute Gasteiger partial charge is 0.339 e. The Kier molecular flexibility index (Phi) is 5.96. The molecule has 0 aliphatic carbocycles. The third-order valence-electron chi connectivity index (χ3n) is 4.03. The molecule has 1 aliphatic rings. The van der Waals surface area contributed by atoms with Gasteiger partial charge in [-0.3, -0.25) is 4.79 Å². The van der Waals surface area contributed by atoms with Crippen molar-refractivity contribution in [3.05, 3.63) is 0 Å². The first kappa shape index (κ1) is 14.5. The number of nitrogens with two attached hydrogens (primary N) is 1. The van der Waals surface area contributed by atoms with E-state index in [0.29, 0.717) is 24.4 Å². The van der Waals surface area contributed by atoms with Crippen molar-refractivity contribution in [2.45, 2.75) is 58.9 Å². The Morgan fingerprint density at radius 2 is 2.18 bits per heavy atom. The number of carbonyl (C=O) groups is 1. The summed E-state index contributed by atoms with van der Waals surface area (Å²) in [5, 5.41) is 0. The Morgan fingerprint density at radius 3 is 2.65 bits per heavy atom. The molecule has 0 bridgehead atoms. The normalized spacial score (nSPS) is 26.2. The van der Waals surface area contributed by atoms with E-state index in [4.69, 9.17) is 5.73 Å². The zero-order valence-electron chi connectivity index (χ0n) is 11.6. The Bertz CT molecular complexity index is 242. The SMILES string of the molecule is CCCCC(CC)C(=O)N1CC(CN)CC1C. The van der Waals surface area contributed by atoms with E-state index in [1.54, 1.807) is 0 Å². The average Bonchev–Trinajstić information content (AvgIpc) is 2.71. The summed E-state index contributed by atoms with van der Waals surface area (Å²) in [4.78, 5) is 14.5. The lowest BCUT2D eigenvalue weighted by atomic mass is 9.97. The van der Waals surface area contributed by atoms with Gasteiger partial charge in [0, 0.05) is 18.5 Å². The van der Waals surface area contributed by atoms with Crippen LogP contribution in [0, 0.1) is 11.8 Å². The molecule has 1 heterocycles. The van der Waals surface area contributed by atoms with Gasteiger partial charge in [-0.25, -0.2) is 0 Å². The Hall–Kier alpha value is -0.570. The summed E-state index contributed by atoms with van der Waals surface area (Å²) in [5.41, 5.74) is 5.71. The fourth-order valence-corrected chi connectivity index (χ4v) is 2.81. The van der Waals surface area contributed by atoms with Crippen LogP contribution < -0.4 is 5.73 Å². The molecule has 1 amide bonds. The molecule has 2 N–H and O–H groups in total. The van der Waals surface area contributed by atoms with Crippen molar-refractivity contribution in [3.63, 3.8) is 0 Å². The topological polar surface area (TPSA) is 46.3 Å². The first-order valence-electron chi connectivity index (χ1n) is 7.14. The second-order valence-corrected chi connectivity index (χ2v) is 5.42. The molecule has 0 aromatic carbocycles. The molecule has 100 valence electrons. The van der Waals surface area contributed by atoms with E-state index in [1.165, 1.54) is 6.42 Å². The van der Waals surface area contributed by atoms with Crippen LogP contribution in [-0.2, 0) is 4.79 Å². The monoisotopic (exact) mass is 240 g/mol. The second-order valence-electron chi connectivity index (χ2n) is 5.42. The number of nitrogens with zero attached hydrogens (tertiary/aromatic N) is 1. The van der Waals surface area contributed by atoms with Gasteiger partial charge in [-0.15, -0.1) is 0 Å². The fraction of sp³-hybridized carbons (Fsp3) is 0.929. The Balaban J connectivity index is 2.55. The van der Waals surface area contributed by atoms with E-state index in [9.17, 15) is 4.79 Å². The van der Waals surface area contributed by atoms with E-state index in [2.05, 4.69) is 25.7 Å². The highest BCUT2D eigenvalue weighted by Crippen LogP contribution is 2.26. The van der Waals surface area contributed by atoms with Crippen molar-refractivity contribution in [1.82, 2.24) is 4.90 Å². The molecule has 0 spiro atoms. The molecule has 1 saturated heterocycles. The van der Waals surface area contributed by atoms with Gasteiger partial charge in [0.1, 0.15) is 0 Å². The van der Waals surface area contributed by atoms with Crippen LogP contribution in [-0.4, -0.2) is 29.9 Å². The van der Waals surface area contributed by atoms with Crippen LogP contribution in [0.15, 0.2) is 0 Å². The van der Waals surface area contributed by atoms with Crippen molar-refractivity contribution in [3.8, 4) is 0 Å². The summed E-state index contributed by atoms with van der Waals surface area (Å²) in [6.07, 6.45) is 5.42. The van der Waals surface area contributed by atoms with Gasteiger partial charge in [-0.2, -0.15) is 0 Å². The highest BCUT2D eigenvalue weighted by Gasteiger charge is 2.34. The molecular weight excluding hydrogens is 212 g/mol. The summed E-state index contributed by atoms with van der Waals surface area (Å²) in [6.45, 7) is 8.04. The highest BCUT2D eigenvalue weighted by molar-refractivity contribution is 5.79. The zero-order chi connectivity index (χ0) is 12.8. The van der Waals surface area contributed by atoms with Gasteiger partial charge >= 0.3 is 0 Å². The minimum Gasteiger partial charge on any atom is -0.339 e. The van der Waals surface area contributed by atoms with Gasteiger partial charge in [0.2, 0.25) is 5.91 Å². The fourth-order valence-electron chi connectivity index (χ4n) is 2.81. The van der Waals surface area contributed by atoms with Crippen LogP contribution in [0.5, 0.6) is 0 Å². The van der Waals surface area contributed by atoms with Gasteiger partial charge in [-0.05, 0) is 38.6 Å². The lowest BCUT2D eigenvalue weighted by Gasteiger charge is -2.26. The van der Waals surface area contributed by atoms with Crippen molar-refractivity contribution >= 4 is 5.91 Å². The van der Waals surface area contributed by atoms with Crippen LogP contribution in [0.1, 0.15) is 52.9 Å². The molecule has 3 atom stereocenters. The lowest BCUT2D eigenvalue weighted by Crippen LogP contribution is -2.38. The number of likely N-dealkylation sites (tertiary alicyclic amines) is 1. The van der Waals surface area contributed by atoms with Crippen molar-refractivity contribution in [2.24, 2.45) is 17.6 Å². The second kappa shape index (κ2) is 7.00. The molecule has 0 aromatic heterocycles. The third-order valence-corrected chi connectivity index (χ3v) is 4.03. The number of hydrogen-bond donors (Lipinski definition) is 1. The van der Waals surface area contributed by atoms with Crippen molar-refractivity contribution < 1.29 is 4.79 Å². The molecule has 1 rings (SSSR count). The molecule has 0 radical (unpaired) electrons. The maximum Gasteiger partial charge on any atom is 0.225 e. The molecular formula is C14H28N2O. The number of hydrogen-bond acceptors (Lipinski definition) is 2. The predicted octanol–water partition coefficient (Wildman–Crippen LogP) is 2.40. The average molecular weight is 240 g/mol. The van der Waals surface area contributed by atoms with E-state index < -0.39 is 0 Å². The van der Waals surface area contributed by atoms with Crippen LogP contribution >= 0.6 is 0 Å². The molecule has 3 heteroatoms. The Labute approximate surface area is 106 Å². The van der Waals surface area contributed by atoms with Crippen LogP contribution in [0.3, 0.4) is 0 Å². The smallest absolute Gasteiger partial charge is 0.225 e. The first-order valence-corrected chi connectivity index (χ1v) is 7.14. The molecule has 0 saturated carbocycles. The molecule has 1 fully saturated rings. The first-order chi connectivity index (χ1) is 8.13. The number of carbonyl (C=O) groups excluding carboxylic acids is 1. The number of rotatable bonds is 6. The van der Waals surface area contributed by atoms with E-state index >= 15 is 0 Å². The van der Waals surface area contributed by atoms with Gasteiger partial charge in [0.15, 0.2) is 0 Å². The molecule has 17 heavy (non-hydrogen) atoms. The minimum absolute atomic E-state index is 0.230. The molecule has 3 unspecified atom stereocenters.